The van der Waals surface area contributed by atoms with E-state index in [-0.39, 0.29) is 6.03 Å². The van der Waals surface area contributed by atoms with Crippen molar-refractivity contribution in [1.82, 2.24) is 10.6 Å². The molecule has 2 amide bonds. The molecule has 0 atom stereocenters. The summed E-state index contributed by atoms with van der Waals surface area (Å²) in [6.45, 7) is 4.90. The van der Waals surface area contributed by atoms with E-state index in [2.05, 4.69) is 17.2 Å². The molecule has 0 heterocycles. The van der Waals surface area contributed by atoms with E-state index in [9.17, 15) is 4.79 Å². The molecular formula is C11H20N2O. The second-order valence-corrected chi connectivity index (χ2v) is 3.88. The van der Waals surface area contributed by atoms with Gasteiger partial charge in [-0.3, -0.25) is 0 Å². The minimum Gasteiger partial charge on any atom is -0.338 e. The zero-order valence-corrected chi connectivity index (χ0v) is 8.72. The zero-order chi connectivity index (χ0) is 10.2. The monoisotopic (exact) mass is 196 g/mol. The summed E-state index contributed by atoms with van der Waals surface area (Å²) in [6.07, 6.45) is 8.21. The van der Waals surface area contributed by atoms with Crippen LogP contribution in [0.25, 0.3) is 0 Å². The quantitative estimate of drug-likeness (QED) is 0.664. The van der Waals surface area contributed by atoms with Gasteiger partial charge in [-0.05, 0) is 18.8 Å². The molecule has 0 spiro atoms. The first kappa shape index (κ1) is 11.1. The molecule has 2 N–H and O–H groups in total. The first-order valence-corrected chi connectivity index (χ1v) is 5.45. The Morgan fingerprint density at radius 3 is 2.64 bits per heavy atom. The molecule has 0 aliphatic heterocycles. The van der Waals surface area contributed by atoms with Gasteiger partial charge in [0.05, 0.1) is 0 Å². The summed E-state index contributed by atoms with van der Waals surface area (Å²) < 4.78 is 0. The molecule has 1 fully saturated rings. The van der Waals surface area contributed by atoms with Gasteiger partial charge in [0.2, 0.25) is 0 Å². The number of carbonyl (C=O) groups excluding carboxylic acids is 1. The molecule has 1 aliphatic rings. The molecule has 0 saturated heterocycles. The van der Waals surface area contributed by atoms with Gasteiger partial charge in [-0.15, -0.1) is 6.58 Å². The largest absolute Gasteiger partial charge is 0.338 e. The van der Waals surface area contributed by atoms with Crippen molar-refractivity contribution in [3.8, 4) is 0 Å². The molecule has 0 bridgehead atoms. The SMILES string of the molecule is C=CCNC(=O)NCC1CCCCC1. The highest BCUT2D eigenvalue weighted by molar-refractivity contribution is 5.73. The number of hydrogen-bond acceptors (Lipinski definition) is 1. The summed E-state index contributed by atoms with van der Waals surface area (Å²) in [7, 11) is 0. The van der Waals surface area contributed by atoms with Crippen molar-refractivity contribution in [1.29, 1.82) is 0 Å². The van der Waals surface area contributed by atoms with Gasteiger partial charge in [0.15, 0.2) is 0 Å². The fraction of sp³-hybridized carbons (Fsp3) is 0.727. The third-order valence-electron chi connectivity index (χ3n) is 2.68. The first-order chi connectivity index (χ1) is 6.83. The molecule has 0 aromatic rings. The van der Waals surface area contributed by atoms with Crippen molar-refractivity contribution in [2.45, 2.75) is 32.1 Å². The molecule has 3 nitrogen and oxygen atoms in total. The molecule has 0 unspecified atom stereocenters. The highest BCUT2D eigenvalue weighted by Crippen LogP contribution is 2.22. The first-order valence-electron chi connectivity index (χ1n) is 5.45. The number of carbonyl (C=O) groups is 1. The number of hydrogen-bond donors (Lipinski definition) is 2. The highest BCUT2D eigenvalue weighted by Gasteiger charge is 2.13. The molecular weight excluding hydrogens is 176 g/mol. The fourth-order valence-corrected chi connectivity index (χ4v) is 1.86. The van der Waals surface area contributed by atoms with Gasteiger partial charge in [-0.25, -0.2) is 4.79 Å². The lowest BCUT2D eigenvalue weighted by atomic mass is 9.89. The Labute approximate surface area is 86.0 Å². The topological polar surface area (TPSA) is 41.1 Å². The van der Waals surface area contributed by atoms with E-state index >= 15 is 0 Å². The summed E-state index contributed by atoms with van der Waals surface area (Å²) >= 11 is 0. The van der Waals surface area contributed by atoms with E-state index in [0.29, 0.717) is 12.5 Å². The Hall–Kier alpha value is -0.990. The molecule has 14 heavy (non-hydrogen) atoms. The summed E-state index contributed by atoms with van der Waals surface area (Å²) in [5.41, 5.74) is 0. The van der Waals surface area contributed by atoms with E-state index in [0.717, 1.165) is 6.54 Å². The predicted molar refractivity (Wildman–Crippen MR) is 58.2 cm³/mol. The van der Waals surface area contributed by atoms with Crippen molar-refractivity contribution < 1.29 is 4.79 Å². The molecule has 1 aliphatic carbocycles. The highest BCUT2D eigenvalue weighted by atomic mass is 16.2. The molecule has 3 heteroatoms. The van der Waals surface area contributed by atoms with Crippen LogP contribution >= 0.6 is 0 Å². The van der Waals surface area contributed by atoms with Crippen LogP contribution in [-0.4, -0.2) is 19.1 Å². The van der Waals surface area contributed by atoms with Gasteiger partial charge >= 0.3 is 6.03 Å². The van der Waals surface area contributed by atoms with E-state index < -0.39 is 0 Å². The van der Waals surface area contributed by atoms with E-state index in [1.807, 2.05) is 0 Å². The fourth-order valence-electron chi connectivity index (χ4n) is 1.86. The lowest BCUT2D eigenvalue weighted by Crippen LogP contribution is -2.38. The van der Waals surface area contributed by atoms with Gasteiger partial charge in [-0.1, -0.05) is 25.3 Å². The summed E-state index contributed by atoms with van der Waals surface area (Å²) in [5.74, 6) is 0.693. The summed E-state index contributed by atoms with van der Waals surface area (Å²) in [6, 6.07) is -0.0736. The minimum absolute atomic E-state index is 0.0736. The zero-order valence-electron chi connectivity index (χ0n) is 8.72. The Balaban J connectivity index is 2.06. The van der Waals surface area contributed by atoms with Crippen LogP contribution in [0.3, 0.4) is 0 Å². The van der Waals surface area contributed by atoms with Crippen LogP contribution < -0.4 is 10.6 Å². The second kappa shape index (κ2) is 6.46. The molecule has 0 aromatic carbocycles. The normalized spacial score (nSPS) is 17.4. The standard InChI is InChI=1S/C11H20N2O/c1-2-8-12-11(14)13-9-10-6-4-3-5-7-10/h2,10H,1,3-9H2,(H2,12,13,14). The van der Waals surface area contributed by atoms with Gasteiger partial charge in [0, 0.05) is 13.1 Å². The Bertz CT molecular complexity index is 186. The average Bonchev–Trinajstić information content (AvgIpc) is 2.25. The van der Waals surface area contributed by atoms with Crippen molar-refractivity contribution >= 4 is 6.03 Å². The maximum atomic E-state index is 11.2. The van der Waals surface area contributed by atoms with Gasteiger partial charge < -0.3 is 10.6 Å². The van der Waals surface area contributed by atoms with Gasteiger partial charge in [-0.2, -0.15) is 0 Å². The van der Waals surface area contributed by atoms with Crippen LogP contribution in [0.5, 0.6) is 0 Å². The summed E-state index contributed by atoms with van der Waals surface area (Å²) in [4.78, 5) is 11.2. The predicted octanol–water partition coefficient (Wildman–Crippen LogP) is 2.05. The number of urea groups is 1. The van der Waals surface area contributed by atoms with E-state index in [1.165, 1.54) is 32.1 Å². The maximum Gasteiger partial charge on any atom is 0.315 e. The third kappa shape index (κ3) is 4.30. The van der Waals surface area contributed by atoms with Crippen molar-refractivity contribution in [3.63, 3.8) is 0 Å². The Morgan fingerprint density at radius 2 is 2.00 bits per heavy atom. The lowest BCUT2D eigenvalue weighted by Gasteiger charge is -2.21. The molecule has 0 aromatic heterocycles. The molecule has 1 rings (SSSR count). The Morgan fingerprint density at radius 1 is 1.29 bits per heavy atom. The molecule has 1 saturated carbocycles. The molecule has 80 valence electrons. The minimum atomic E-state index is -0.0736. The summed E-state index contributed by atoms with van der Waals surface area (Å²) in [5, 5.41) is 5.59. The Kier molecular flexibility index (Phi) is 5.12. The van der Waals surface area contributed by atoms with Crippen LogP contribution in [0.2, 0.25) is 0 Å². The van der Waals surface area contributed by atoms with E-state index in [4.69, 9.17) is 0 Å². The third-order valence-corrected chi connectivity index (χ3v) is 2.68. The lowest BCUT2D eigenvalue weighted by molar-refractivity contribution is 0.237. The van der Waals surface area contributed by atoms with Crippen molar-refractivity contribution in [2.75, 3.05) is 13.1 Å². The second-order valence-electron chi connectivity index (χ2n) is 3.88. The number of nitrogens with one attached hydrogen (secondary N) is 2. The maximum absolute atomic E-state index is 11.2. The van der Waals surface area contributed by atoms with Gasteiger partial charge in [0.25, 0.3) is 0 Å². The van der Waals surface area contributed by atoms with Crippen molar-refractivity contribution in [2.24, 2.45) is 5.92 Å². The average molecular weight is 196 g/mol. The number of amides is 2. The van der Waals surface area contributed by atoms with Crippen LogP contribution in [0, 0.1) is 5.92 Å². The van der Waals surface area contributed by atoms with Crippen LogP contribution in [0.4, 0.5) is 4.79 Å². The molecule has 0 radical (unpaired) electrons. The smallest absolute Gasteiger partial charge is 0.315 e. The van der Waals surface area contributed by atoms with Crippen LogP contribution in [0.1, 0.15) is 32.1 Å². The number of rotatable bonds is 4. The van der Waals surface area contributed by atoms with E-state index in [1.54, 1.807) is 6.08 Å². The van der Waals surface area contributed by atoms with Crippen LogP contribution in [-0.2, 0) is 0 Å². The van der Waals surface area contributed by atoms with Crippen LogP contribution in [0.15, 0.2) is 12.7 Å². The van der Waals surface area contributed by atoms with Gasteiger partial charge in [0.1, 0.15) is 0 Å². The van der Waals surface area contributed by atoms with Crippen molar-refractivity contribution in [3.05, 3.63) is 12.7 Å².